The van der Waals surface area contributed by atoms with Crippen LogP contribution in [0.4, 0.5) is 0 Å². The molecule has 3 heterocycles. The van der Waals surface area contributed by atoms with E-state index < -0.39 is 0 Å². The molecule has 0 aromatic carbocycles. The van der Waals surface area contributed by atoms with E-state index in [-0.39, 0.29) is 5.91 Å². The van der Waals surface area contributed by atoms with Crippen LogP contribution in [0.5, 0.6) is 0 Å². The van der Waals surface area contributed by atoms with E-state index in [4.69, 9.17) is 0 Å². The fourth-order valence-corrected chi connectivity index (χ4v) is 2.34. The van der Waals surface area contributed by atoms with E-state index in [1.807, 2.05) is 19.9 Å². The van der Waals surface area contributed by atoms with Gasteiger partial charge < -0.3 is 4.90 Å². The molecule has 3 rings (SSSR count). The molecule has 1 N–H and O–H groups in total. The summed E-state index contributed by atoms with van der Waals surface area (Å²) in [6.45, 7) is 4.33. The van der Waals surface area contributed by atoms with Crippen molar-refractivity contribution in [2.45, 2.75) is 20.4 Å². The minimum Gasteiger partial charge on any atom is -0.337 e. The summed E-state index contributed by atoms with van der Waals surface area (Å²) in [4.78, 5) is 18.6. The second-order valence-electron chi connectivity index (χ2n) is 5.10. The molecule has 1 amide bonds. The lowest BCUT2D eigenvalue weighted by molar-refractivity contribution is 0.0787. The molecule has 0 bridgehead atoms. The van der Waals surface area contributed by atoms with Crippen molar-refractivity contribution >= 4 is 11.6 Å². The van der Waals surface area contributed by atoms with Gasteiger partial charge >= 0.3 is 0 Å². The van der Waals surface area contributed by atoms with E-state index in [0.717, 1.165) is 17.0 Å². The lowest BCUT2D eigenvalue weighted by Crippen LogP contribution is -2.26. The molecule has 21 heavy (non-hydrogen) atoms. The van der Waals surface area contributed by atoms with Crippen LogP contribution in [0.2, 0.25) is 0 Å². The van der Waals surface area contributed by atoms with E-state index in [2.05, 4.69) is 20.3 Å². The Morgan fingerprint density at radius 1 is 1.38 bits per heavy atom. The van der Waals surface area contributed by atoms with Gasteiger partial charge in [0.05, 0.1) is 12.4 Å². The maximum atomic E-state index is 12.6. The van der Waals surface area contributed by atoms with Crippen molar-refractivity contribution in [3.05, 3.63) is 47.2 Å². The molecule has 0 aliphatic heterocycles. The van der Waals surface area contributed by atoms with Gasteiger partial charge in [0, 0.05) is 36.7 Å². The molecule has 108 valence electrons. The van der Waals surface area contributed by atoms with Gasteiger partial charge in [-0.05, 0) is 19.9 Å². The van der Waals surface area contributed by atoms with E-state index in [9.17, 15) is 4.79 Å². The molecular weight excluding hydrogens is 268 g/mol. The summed E-state index contributed by atoms with van der Waals surface area (Å²) < 4.78 is 1.69. The Morgan fingerprint density at radius 2 is 2.19 bits per heavy atom. The first-order chi connectivity index (χ1) is 10.1. The van der Waals surface area contributed by atoms with Crippen molar-refractivity contribution in [2.75, 3.05) is 7.05 Å². The number of amides is 1. The Morgan fingerprint density at radius 3 is 2.90 bits per heavy atom. The number of rotatable bonds is 3. The van der Waals surface area contributed by atoms with Gasteiger partial charge in [0.2, 0.25) is 0 Å². The van der Waals surface area contributed by atoms with Crippen LogP contribution in [0.15, 0.2) is 24.7 Å². The number of hydrogen-bond acceptors (Lipinski definition) is 4. The highest BCUT2D eigenvalue weighted by molar-refractivity contribution is 5.99. The zero-order chi connectivity index (χ0) is 15.0. The Hall–Kier alpha value is -2.70. The third-order valence-electron chi connectivity index (χ3n) is 3.33. The predicted molar refractivity (Wildman–Crippen MR) is 76.8 cm³/mol. The molecule has 0 aliphatic rings. The number of hydrogen-bond donors (Lipinski definition) is 1. The van der Waals surface area contributed by atoms with Crippen molar-refractivity contribution in [1.82, 2.24) is 29.7 Å². The maximum Gasteiger partial charge on any atom is 0.259 e. The van der Waals surface area contributed by atoms with Crippen molar-refractivity contribution in [3.8, 4) is 0 Å². The number of aromatic nitrogens is 5. The summed E-state index contributed by atoms with van der Waals surface area (Å²) in [7, 11) is 1.75. The predicted octanol–water partition coefficient (Wildman–Crippen LogP) is 1.34. The Bertz CT molecular complexity index is 789. The molecule has 0 saturated carbocycles. The summed E-state index contributed by atoms with van der Waals surface area (Å²) in [5.41, 5.74) is 3.87. The van der Waals surface area contributed by atoms with Crippen molar-refractivity contribution < 1.29 is 4.79 Å². The van der Waals surface area contributed by atoms with Crippen molar-refractivity contribution in [2.24, 2.45) is 0 Å². The molecule has 0 atom stereocenters. The van der Waals surface area contributed by atoms with E-state index in [0.29, 0.717) is 17.8 Å². The highest BCUT2D eigenvalue weighted by Crippen LogP contribution is 2.14. The van der Waals surface area contributed by atoms with Crippen LogP contribution in [0.3, 0.4) is 0 Å². The van der Waals surface area contributed by atoms with E-state index in [1.54, 1.807) is 35.1 Å². The van der Waals surface area contributed by atoms with Gasteiger partial charge in [0.25, 0.3) is 5.91 Å². The molecule has 0 radical (unpaired) electrons. The Balaban J connectivity index is 1.94. The molecule has 7 heteroatoms. The van der Waals surface area contributed by atoms with Crippen LogP contribution >= 0.6 is 0 Å². The number of H-pyrrole nitrogens is 1. The van der Waals surface area contributed by atoms with Crippen LogP contribution in [0, 0.1) is 13.8 Å². The van der Waals surface area contributed by atoms with Crippen LogP contribution in [0.1, 0.15) is 27.3 Å². The van der Waals surface area contributed by atoms with Crippen molar-refractivity contribution in [1.29, 1.82) is 0 Å². The monoisotopic (exact) mass is 284 g/mol. The SMILES string of the molecule is Cc1cc(C)n2ncc(C(=O)N(C)Cc3cn[nH]c3)c2n1. The maximum absolute atomic E-state index is 12.6. The average Bonchev–Trinajstić information content (AvgIpc) is 3.07. The molecular formula is C14H16N6O. The molecule has 0 aliphatic carbocycles. The van der Waals surface area contributed by atoms with E-state index >= 15 is 0 Å². The largest absolute Gasteiger partial charge is 0.337 e. The third kappa shape index (κ3) is 2.37. The van der Waals surface area contributed by atoms with Crippen LogP contribution in [-0.4, -0.2) is 42.7 Å². The topological polar surface area (TPSA) is 79.2 Å². The van der Waals surface area contributed by atoms with Gasteiger partial charge in [-0.1, -0.05) is 0 Å². The lowest BCUT2D eigenvalue weighted by Gasteiger charge is -2.15. The summed E-state index contributed by atoms with van der Waals surface area (Å²) >= 11 is 0. The smallest absolute Gasteiger partial charge is 0.259 e. The van der Waals surface area contributed by atoms with Gasteiger partial charge in [-0.15, -0.1) is 0 Å². The van der Waals surface area contributed by atoms with Crippen LogP contribution in [-0.2, 0) is 6.54 Å². The second kappa shape index (κ2) is 5.01. The minimum atomic E-state index is -0.108. The van der Waals surface area contributed by atoms with Crippen LogP contribution in [0.25, 0.3) is 5.65 Å². The number of nitrogens with one attached hydrogen (secondary N) is 1. The summed E-state index contributed by atoms with van der Waals surface area (Å²) in [6.07, 6.45) is 5.04. The summed E-state index contributed by atoms with van der Waals surface area (Å²) in [5, 5.41) is 10.9. The molecule has 0 saturated heterocycles. The first kappa shape index (κ1) is 13.3. The zero-order valence-electron chi connectivity index (χ0n) is 12.2. The van der Waals surface area contributed by atoms with Gasteiger partial charge in [-0.3, -0.25) is 9.89 Å². The highest BCUT2D eigenvalue weighted by Gasteiger charge is 2.19. The molecule has 7 nitrogen and oxygen atoms in total. The number of aryl methyl sites for hydroxylation is 2. The normalized spacial score (nSPS) is 11.0. The fraction of sp³-hybridized carbons (Fsp3) is 0.286. The summed E-state index contributed by atoms with van der Waals surface area (Å²) in [6, 6.07) is 1.93. The van der Waals surface area contributed by atoms with E-state index in [1.165, 1.54) is 0 Å². The average molecular weight is 284 g/mol. The summed E-state index contributed by atoms with van der Waals surface area (Å²) in [5.74, 6) is -0.108. The fourth-order valence-electron chi connectivity index (χ4n) is 2.34. The quantitative estimate of drug-likeness (QED) is 0.787. The highest BCUT2D eigenvalue weighted by atomic mass is 16.2. The van der Waals surface area contributed by atoms with Gasteiger partial charge in [0.1, 0.15) is 5.56 Å². The number of fused-ring (bicyclic) bond motifs is 1. The Kier molecular flexibility index (Phi) is 3.17. The van der Waals surface area contributed by atoms with Gasteiger partial charge in [-0.25, -0.2) is 9.50 Å². The molecule has 0 spiro atoms. The first-order valence-corrected chi connectivity index (χ1v) is 6.61. The van der Waals surface area contributed by atoms with Crippen LogP contribution < -0.4 is 0 Å². The molecule has 3 aromatic rings. The molecule has 0 unspecified atom stereocenters. The zero-order valence-corrected chi connectivity index (χ0v) is 12.2. The van der Waals surface area contributed by atoms with Gasteiger partial charge in [-0.2, -0.15) is 10.2 Å². The lowest BCUT2D eigenvalue weighted by atomic mass is 10.2. The molecule has 0 fully saturated rings. The minimum absolute atomic E-state index is 0.108. The number of aromatic amines is 1. The first-order valence-electron chi connectivity index (χ1n) is 6.61. The number of carbonyl (C=O) groups excluding carboxylic acids is 1. The molecule has 3 aromatic heterocycles. The number of nitrogens with zero attached hydrogens (tertiary/aromatic N) is 5. The standard InChI is InChI=1S/C14H16N6O/c1-9-4-10(2)20-13(18-9)12(7-17-20)14(21)19(3)8-11-5-15-16-6-11/h4-7H,8H2,1-3H3,(H,15,16). The van der Waals surface area contributed by atoms with Gasteiger partial charge in [0.15, 0.2) is 5.65 Å². The second-order valence-corrected chi connectivity index (χ2v) is 5.10. The third-order valence-corrected chi connectivity index (χ3v) is 3.33. The Labute approximate surface area is 121 Å². The number of carbonyl (C=O) groups is 1. The van der Waals surface area contributed by atoms with Crippen molar-refractivity contribution in [3.63, 3.8) is 0 Å².